The van der Waals surface area contributed by atoms with E-state index in [0.717, 1.165) is 5.69 Å². The fourth-order valence-electron chi connectivity index (χ4n) is 2.56. The zero-order valence-electron chi connectivity index (χ0n) is 13.7. The molecule has 0 spiro atoms. The monoisotopic (exact) mass is 337 g/mol. The molecule has 3 rings (SSSR count). The highest BCUT2D eigenvalue weighted by molar-refractivity contribution is 5.94. The SMILES string of the molecule is C=CCN(CCO)C(=O)c1cc(-c2ccco2)nn1-c1ccccc1. The first kappa shape index (κ1) is 16.7. The number of hydrogen-bond acceptors (Lipinski definition) is 4. The largest absolute Gasteiger partial charge is 0.463 e. The second-order valence-corrected chi connectivity index (χ2v) is 5.40. The molecule has 0 saturated heterocycles. The molecule has 6 heteroatoms. The molecule has 6 nitrogen and oxygen atoms in total. The van der Waals surface area contributed by atoms with E-state index in [1.807, 2.05) is 30.3 Å². The molecule has 0 unspecified atom stereocenters. The van der Waals surface area contributed by atoms with Gasteiger partial charge in [0.1, 0.15) is 11.4 Å². The number of aromatic nitrogens is 2. The van der Waals surface area contributed by atoms with Crippen LogP contribution in [-0.2, 0) is 0 Å². The fourth-order valence-corrected chi connectivity index (χ4v) is 2.56. The Balaban J connectivity index is 2.07. The number of aliphatic hydroxyl groups excluding tert-OH is 1. The third-order valence-corrected chi connectivity index (χ3v) is 3.71. The minimum Gasteiger partial charge on any atom is -0.463 e. The molecular weight excluding hydrogens is 318 g/mol. The van der Waals surface area contributed by atoms with Crippen LogP contribution in [0.2, 0.25) is 0 Å². The number of furan rings is 1. The molecule has 0 radical (unpaired) electrons. The molecule has 2 aromatic heterocycles. The van der Waals surface area contributed by atoms with Gasteiger partial charge in [0.25, 0.3) is 5.91 Å². The third kappa shape index (κ3) is 3.54. The normalized spacial score (nSPS) is 10.6. The van der Waals surface area contributed by atoms with Crippen molar-refractivity contribution in [1.82, 2.24) is 14.7 Å². The highest BCUT2D eigenvalue weighted by atomic mass is 16.3. The van der Waals surface area contributed by atoms with Crippen LogP contribution in [0.25, 0.3) is 17.1 Å². The maximum Gasteiger partial charge on any atom is 0.272 e. The molecule has 2 heterocycles. The van der Waals surface area contributed by atoms with Crippen LogP contribution in [0, 0.1) is 0 Å². The van der Waals surface area contributed by atoms with Crippen LogP contribution in [0.4, 0.5) is 0 Å². The van der Waals surface area contributed by atoms with Crippen molar-refractivity contribution in [2.75, 3.05) is 19.7 Å². The predicted molar refractivity (Wildman–Crippen MR) is 94.5 cm³/mol. The summed E-state index contributed by atoms with van der Waals surface area (Å²) in [7, 11) is 0. The van der Waals surface area contributed by atoms with Gasteiger partial charge in [-0.15, -0.1) is 6.58 Å². The maximum absolute atomic E-state index is 13.0. The van der Waals surface area contributed by atoms with Gasteiger partial charge in [0, 0.05) is 19.2 Å². The zero-order chi connectivity index (χ0) is 17.6. The van der Waals surface area contributed by atoms with Crippen LogP contribution in [0.5, 0.6) is 0 Å². The van der Waals surface area contributed by atoms with E-state index >= 15 is 0 Å². The minimum atomic E-state index is -0.233. The summed E-state index contributed by atoms with van der Waals surface area (Å²) in [5.74, 6) is 0.351. The molecule has 0 atom stereocenters. The van der Waals surface area contributed by atoms with Gasteiger partial charge in [-0.25, -0.2) is 4.68 Å². The molecule has 0 aliphatic heterocycles. The molecule has 3 aromatic rings. The van der Waals surface area contributed by atoms with Gasteiger partial charge in [0.05, 0.1) is 18.6 Å². The Morgan fingerprint density at radius 3 is 2.72 bits per heavy atom. The molecule has 0 aliphatic rings. The summed E-state index contributed by atoms with van der Waals surface area (Å²) in [6.07, 6.45) is 3.19. The average Bonchev–Trinajstić information content (AvgIpc) is 3.31. The maximum atomic E-state index is 13.0. The van der Waals surface area contributed by atoms with Gasteiger partial charge in [-0.05, 0) is 24.3 Å². The zero-order valence-corrected chi connectivity index (χ0v) is 13.7. The first-order valence-corrected chi connectivity index (χ1v) is 7.95. The highest BCUT2D eigenvalue weighted by Crippen LogP contribution is 2.23. The molecule has 1 aromatic carbocycles. The lowest BCUT2D eigenvalue weighted by Crippen LogP contribution is -2.35. The molecule has 128 valence electrons. The molecular formula is C19H19N3O3. The van der Waals surface area contributed by atoms with Crippen LogP contribution in [-0.4, -0.2) is 45.4 Å². The summed E-state index contributed by atoms with van der Waals surface area (Å²) >= 11 is 0. The highest BCUT2D eigenvalue weighted by Gasteiger charge is 2.22. The lowest BCUT2D eigenvalue weighted by molar-refractivity contribution is 0.0734. The molecule has 1 N–H and O–H groups in total. The second-order valence-electron chi connectivity index (χ2n) is 5.40. The Kier molecular flexibility index (Phi) is 5.11. The summed E-state index contributed by atoms with van der Waals surface area (Å²) in [6.45, 7) is 4.12. The lowest BCUT2D eigenvalue weighted by Gasteiger charge is -2.20. The summed E-state index contributed by atoms with van der Waals surface area (Å²) in [5, 5.41) is 13.8. The molecule has 1 amide bonds. The Bertz CT molecular complexity index is 838. The van der Waals surface area contributed by atoms with E-state index in [1.165, 1.54) is 4.90 Å². The van der Waals surface area contributed by atoms with Crippen molar-refractivity contribution in [3.63, 3.8) is 0 Å². The molecule has 0 bridgehead atoms. The standard InChI is InChI=1S/C19H19N3O3/c1-2-10-21(11-12-23)19(24)17-14-16(18-9-6-13-25-18)20-22(17)15-7-4-3-5-8-15/h2-9,13-14,23H,1,10-12H2. The lowest BCUT2D eigenvalue weighted by atomic mass is 10.2. The topological polar surface area (TPSA) is 71.5 Å². The van der Waals surface area contributed by atoms with Gasteiger partial charge in [-0.3, -0.25) is 4.79 Å². The minimum absolute atomic E-state index is 0.121. The van der Waals surface area contributed by atoms with Crippen molar-refractivity contribution in [3.8, 4) is 17.1 Å². The van der Waals surface area contributed by atoms with E-state index in [4.69, 9.17) is 4.42 Å². The van der Waals surface area contributed by atoms with E-state index in [1.54, 1.807) is 35.2 Å². The van der Waals surface area contributed by atoms with Crippen LogP contribution in [0.3, 0.4) is 0 Å². The summed E-state index contributed by atoms with van der Waals surface area (Å²) in [4.78, 5) is 14.5. The third-order valence-electron chi connectivity index (χ3n) is 3.71. The number of aliphatic hydroxyl groups is 1. The van der Waals surface area contributed by atoms with Gasteiger partial charge >= 0.3 is 0 Å². The Morgan fingerprint density at radius 2 is 2.08 bits per heavy atom. The average molecular weight is 337 g/mol. The first-order valence-electron chi connectivity index (χ1n) is 7.95. The number of amides is 1. The van der Waals surface area contributed by atoms with Crippen LogP contribution in [0.15, 0.2) is 71.9 Å². The van der Waals surface area contributed by atoms with Gasteiger partial charge in [0.15, 0.2) is 5.76 Å². The number of rotatable bonds is 7. The number of hydrogen-bond donors (Lipinski definition) is 1. The quantitative estimate of drug-likeness (QED) is 0.673. The fraction of sp³-hybridized carbons (Fsp3) is 0.158. The van der Waals surface area contributed by atoms with E-state index in [0.29, 0.717) is 23.7 Å². The van der Waals surface area contributed by atoms with Crippen LogP contribution in [0.1, 0.15) is 10.5 Å². The van der Waals surface area contributed by atoms with Crippen molar-refractivity contribution in [3.05, 3.63) is 73.1 Å². The van der Waals surface area contributed by atoms with Crippen LogP contribution < -0.4 is 0 Å². The van der Waals surface area contributed by atoms with Crippen LogP contribution >= 0.6 is 0 Å². The molecule has 0 fully saturated rings. The van der Waals surface area contributed by atoms with Crippen molar-refractivity contribution in [2.45, 2.75) is 0 Å². The Morgan fingerprint density at radius 1 is 1.28 bits per heavy atom. The molecule has 0 saturated carbocycles. The van der Waals surface area contributed by atoms with E-state index in [-0.39, 0.29) is 19.1 Å². The number of nitrogens with zero attached hydrogens (tertiary/aromatic N) is 3. The van der Waals surface area contributed by atoms with Crippen molar-refractivity contribution in [2.24, 2.45) is 0 Å². The second kappa shape index (κ2) is 7.63. The molecule has 25 heavy (non-hydrogen) atoms. The van der Waals surface area contributed by atoms with Gasteiger partial charge in [0.2, 0.25) is 0 Å². The van der Waals surface area contributed by atoms with E-state index in [9.17, 15) is 9.90 Å². The Hall–Kier alpha value is -3.12. The van der Waals surface area contributed by atoms with Gasteiger partial charge in [-0.1, -0.05) is 24.3 Å². The first-order chi connectivity index (χ1) is 12.2. The summed E-state index contributed by atoms with van der Waals surface area (Å²) < 4.78 is 6.99. The van der Waals surface area contributed by atoms with E-state index < -0.39 is 0 Å². The number of carbonyl (C=O) groups is 1. The number of para-hydroxylation sites is 1. The number of benzene rings is 1. The van der Waals surface area contributed by atoms with Crippen molar-refractivity contribution >= 4 is 5.91 Å². The van der Waals surface area contributed by atoms with Gasteiger partial charge in [-0.2, -0.15) is 5.10 Å². The van der Waals surface area contributed by atoms with E-state index in [2.05, 4.69) is 11.7 Å². The van der Waals surface area contributed by atoms with Crippen molar-refractivity contribution < 1.29 is 14.3 Å². The smallest absolute Gasteiger partial charge is 0.272 e. The van der Waals surface area contributed by atoms with Crippen molar-refractivity contribution in [1.29, 1.82) is 0 Å². The summed E-state index contributed by atoms with van der Waals surface area (Å²) in [5.41, 5.74) is 1.74. The molecule has 0 aliphatic carbocycles. The predicted octanol–water partition coefficient (Wildman–Crippen LogP) is 2.75. The van der Waals surface area contributed by atoms with Gasteiger partial charge < -0.3 is 14.4 Å². The Labute approximate surface area is 145 Å². The number of carbonyl (C=O) groups excluding carboxylic acids is 1. The summed E-state index contributed by atoms with van der Waals surface area (Å²) in [6, 6.07) is 14.7.